The molecule has 0 unspecified atom stereocenters. The highest BCUT2D eigenvalue weighted by Crippen LogP contribution is 2.14. The fourth-order valence-corrected chi connectivity index (χ4v) is 2.12. The number of ether oxygens (including phenoxy) is 1. The number of carbonyl (C=O) groups excluding carboxylic acids is 1. The molecule has 1 amide bonds. The van der Waals surface area contributed by atoms with Gasteiger partial charge in [-0.2, -0.15) is 0 Å². The molecule has 0 spiro atoms. The molecular weight excluding hydrogens is 301 g/mol. The second-order valence-corrected chi connectivity index (χ2v) is 4.90. The van der Waals surface area contributed by atoms with Crippen molar-refractivity contribution < 1.29 is 23.8 Å². The zero-order valence-electron chi connectivity index (χ0n) is 12.5. The first-order valence-corrected chi connectivity index (χ1v) is 6.92. The van der Waals surface area contributed by atoms with Crippen LogP contribution in [0.4, 0.5) is 4.39 Å². The topological polar surface area (TPSA) is 75.6 Å². The average molecular weight is 317 g/mol. The fraction of sp³-hybridized carbons (Fsp3) is 0.176. The third-order valence-electron chi connectivity index (χ3n) is 3.30. The molecule has 0 fully saturated rings. The number of amides is 1. The van der Waals surface area contributed by atoms with Crippen LogP contribution in [0.1, 0.15) is 15.9 Å². The van der Waals surface area contributed by atoms with Gasteiger partial charge >= 0.3 is 5.97 Å². The zero-order chi connectivity index (χ0) is 16.8. The Morgan fingerprint density at radius 1 is 1.22 bits per heavy atom. The number of rotatable bonds is 6. The molecule has 2 rings (SSSR count). The van der Waals surface area contributed by atoms with Gasteiger partial charge in [-0.3, -0.25) is 4.79 Å². The highest BCUT2D eigenvalue weighted by molar-refractivity contribution is 5.96. The maximum atomic E-state index is 13.6. The number of halogens is 1. The van der Waals surface area contributed by atoms with Crippen molar-refractivity contribution in [2.45, 2.75) is 12.5 Å². The minimum absolute atomic E-state index is 0.0622. The summed E-state index contributed by atoms with van der Waals surface area (Å²) in [5, 5.41) is 11.6. The Hall–Kier alpha value is -2.89. The average Bonchev–Trinajstić information content (AvgIpc) is 2.54. The second kappa shape index (κ2) is 7.40. The van der Waals surface area contributed by atoms with E-state index < -0.39 is 23.7 Å². The minimum Gasteiger partial charge on any atom is -0.497 e. The first-order chi connectivity index (χ1) is 11.0. The van der Waals surface area contributed by atoms with Gasteiger partial charge in [-0.15, -0.1) is 0 Å². The Morgan fingerprint density at radius 3 is 2.61 bits per heavy atom. The van der Waals surface area contributed by atoms with Crippen LogP contribution in [0.15, 0.2) is 48.5 Å². The van der Waals surface area contributed by atoms with E-state index in [1.54, 1.807) is 24.3 Å². The van der Waals surface area contributed by atoms with Crippen molar-refractivity contribution in [2.75, 3.05) is 7.11 Å². The predicted molar refractivity (Wildman–Crippen MR) is 82.0 cm³/mol. The number of carboxylic acids is 1. The molecule has 0 saturated carbocycles. The smallest absolute Gasteiger partial charge is 0.326 e. The molecular formula is C17H16FNO4. The van der Waals surface area contributed by atoms with Crippen LogP contribution in [-0.4, -0.2) is 30.1 Å². The predicted octanol–water partition coefficient (Wildman–Crippen LogP) is 2.26. The third-order valence-corrected chi connectivity index (χ3v) is 3.30. The van der Waals surface area contributed by atoms with Crippen LogP contribution in [0.2, 0.25) is 0 Å². The van der Waals surface area contributed by atoms with Crippen molar-refractivity contribution >= 4 is 11.9 Å². The number of carbonyl (C=O) groups is 2. The molecule has 0 radical (unpaired) electrons. The number of methoxy groups -OCH3 is 1. The minimum atomic E-state index is -1.20. The van der Waals surface area contributed by atoms with E-state index in [1.165, 1.54) is 25.3 Å². The van der Waals surface area contributed by atoms with E-state index in [4.69, 9.17) is 4.74 Å². The fourth-order valence-electron chi connectivity index (χ4n) is 2.12. The molecule has 0 saturated heterocycles. The lowest BCUT2D eigenvalue weighted by Gasteiger charge is -2.15. The Morgan fingerprint density at radius 2 is 1.96 bits per heavy atom. The SMILES string of the molecule is COc1cccc(C[C@@H](NC(=O)c2ccccc2F)C(=O)O)c1. The summed E-state index contributed by atoms with van der Waals surface area (Å²) < 4.78 is 18.7. The molecule has 0 bridgehead atoms. The Kier molecular flexibility index (Phi) is 5.30. The Balaban J connectivity index is 2.14. The largest absolute Gasteiger partial charge is 0.497 e. The van der Waals surface area contributed by atoms with E-state index in [-0.39, 0.29) is 12.0 Å². The van der Waals surface area contributed by atoms with Crippen LogP contribution in [0, 0.1) is 5.82 Å². The molecule has 0 aliphatic heterocycles. The summed E-state index contributed by atoms with van der Waals surface area (Å²) in [4.78, 5) is 23.4. The summed E-state index contributed by atoms with van der Waals surface area (Å²) >= 11 is 0. The molecule has 0 heterocycles. The third kappa shape index (κ3) is 4.29. The first kappa shape index (κ1) is 16.5. The number of benzene rings is 2. The Labute approximate surface area is 132 Å². The monoisotopic (exact) mass is 317 g/mol. The quantitative estimate of drug-likeness (QED) is 0.857. The molecule has 5 nitrogen and oxygen atoms in total. The summed E-state index contributed by atoms with van der Waals surface area (Å²) in [5.41, 5.74) is 0.495. The van der Waals surface area contributed by atoms with Crippen molar-refractivity contribution in [3.05, 3.63) is 65.5 Å². The van der Waals surface area contributed by atoms with E-state index in [0.29, 0.717) is 11.3 Å². The summed E-state index contributed by atoms with van der Waals surface area (Å²) in [6.45, 7) is 0. The number of nitrogens with one attached hydrogen (secondary N) is 1. The molecule has 0 aliphatic carbocycles. The highest BCUT2D eigenvalue weighted by Gasteiger charge is 2.22. The van der Waals surface area contributed by atoms with Gasteiger partial charge in [0, 0.05) is 6.42 Å². The van der Waals surface area contributed by atoms with Gasteiger partial charge < -0.3 is 15.2 Å². The van der Waals surface area contributed by atoms with E-state index in [1.807, 2.05) is 0 Å². The van der Waals surface area contributed by atoms with Gasteiger partial charge in [0.05, 0.1) is 12.7 Å². The molecule has 6 heteroatoms. The summed E-state index contributed by atoms with van der Waals surface area (Å²) in [7, 11) is 1.51. The molecule has 0 aromatic heterocycles. The molecule has 2 aromatic rings. The van der Waals surface area contributed by atoms with E-state index in [2.05, 4.69) is 5.32 Å². The van der Waals surface area contributed by atoms with Crippen LogP contribution in [0.3, 0.4) is 0 Å². The molecule has 2 aromatic carbocycles. The van der Waals surface area contributed by atoms with Crippen molar-refractivity contribution in [2.24, 2.45) is 0 Å². The van der Waals surface area contributed by atoms with Crippen molar-refractivity contribution in [3.63, 3.8) is 0 Å². The second-order valence-electron chi connectivity index (χ2n) is 4.90. The lowest BCUT2D eigenvalue weighted by molar-refractivity contribution is -0.139. The highest BCUT2D eigenvalue weighted by atomic mass is 19.1. The van der Waals surface area contributed by atoms with Crippen molar-refractivity contribution in [1.29, 1.82) is 0 Å². The van der Waals surface area contributed by atoms with Crippen molar-refractivity contribution in [1.82, 2.24) is 5.32 Å². The first-order valence-electron chi connectivity index (χ1n) is 6.92. The number of hydrogen-bond acceptors (Lipinski definition) is 3. The number of aliphatic carboxylic acids is 1. The van der Waals surface area contributed by atoms with E-state index in [9.17, 15) is 19.1 Å². The van der Waals surface area contributed by atoms with Gasteiger partial charge in [-0.25, -0.2) is 9.18 Å². The molecule has 0 aliphatic rings. The van der Waals surface area contributed by atoms with Gasteiger partial charge in [-0.05, 0) is 29.8 Å². The van der Waals surface area contributed by atoms with Gasteiger partial charge in [0.1, 0.15) is 17.6 Å². The van der Waals surface area contributed by atoms with Gasteiger partial charge in [0.25, 0.3) is 5.91 Å². The molecule has 23 heavy (non-hydrogen) atoms. The van der Waals surface area contributed by atoms with E-state index in [0.717, 1.165) is 6.07 Å². The van der Waals surface area contributed by atoms with Crippen LogP contribution in [0.25, 0.3) is 0 Å². The lowest BCUT2D eigenvalue weighted by atomic mass is 10.0. The van der Waals surface area contributed by atoms with Gasteiger partial charge in [-0.1, -0.05) is 24.3 Å². The maximum absolute atomic E-state index is 13.6. The molecule has 120 valence electrons. The van der Waals surface area contributed by atoms with Gasteiger partial charge in [0.2, 0.25) is 0 Å². The lowest BCUT2D eigenvalue weighted by Crippen LogP contribution is -2.42. The van der Waals surface area contributed by atoms with Crippen LogP contribution in [-0.2, 0) is 11.2 Å². The van der Waals surface area contributed by atoms with E-state index >= 15 is 0 Å². The summed E-state index contributed by atoms with van der Waals surface area (Å²) in [6.07, 6.45) is 0.0622. The number of carboxylic acid groups (broad SMARTS) is 1. The van der Waals surface area contributed by atoms with Crippen LogP contribution in [0.5, 0.6) is 5.75 Å². The van der Waals surface area contributed by atoms with Crippen molar-refractivity contribution in [3.8, 4) is 5.75 Å². The van der Waals surface area contributed by atoms with Crippen LogP contribution >= 0.6 is 0 Å². The maximum Gasteiger partial charge on any atom is 0.326 e. The molecule has 1 atom stereocenters. The van der Waals surface area contributed by atoms with Crippen LogP contribution < -0.4 is 10.1 Å². The Bertz CT molecular complexity index is 717. The zero-order valence-corrected chi connectivity index (χ0v) is 12.5. The normalized spacial score (nSPS) is 11.6. The number of hydrogen-bond donors (Lipinski definition) is 2. The van der Waals surface area contributed by atoms with Gasteiger partial charge in [0.15, 0.2) is 0 Å². The molecule has 2 N–H and O–H groups in total. The summed E-state index contributed by atoms with van der Waals surface area (Å²) in [6, 6.07) is 11.1. The summed E-state index contributed by atoms with van der Waals surface area (Å²) in [5.74, 6) is -2.07. The standard InChI is InChI=1S/C17H16FNO4/c1-23-12-6-4-5-11(9-12)10-15(17(21)22)19-16(20)13-7-2-3-8-14(13)18/h2-9,15H,10H2,1H3,(H,19,20)(H,21,22)/t15-/m1/s1.